The van der Waals surface area contributed by atoms with Crippen LogP contribution >= 0.6 is 0 Å². The molecule has 2 aliphatic rings. The lowest BCUT2D eigenvalue weighted by atomic mass is 9.98. The molecule has 2 amide bonds. The summed E-state index contributed by atoms with van der Waals surface area (Å²) < 4.78 is 5.49. The third-order valence-electron chi connectivity index (χ3n) is 6.21. The Morgan fingerprint density at radius 1 is 1.09 bits per heavy atom. The first-order valence-electron chi connectivity index (χ1n) is 10.7. The van der Waals surface area contributed by atoms with Gasteiger partial charge in [0.2, 0.25) is 0 Å². The number of carboxylic acids is 1. The zero-order chi connectivity index (χ0) is 22.9. The highest BCUT2D eigenvalue weighted by Gasteiger charge is 2.32. The molecule has 3 aromatic rings. The van der Waals surface area contributed by atoms with E-state index in [0.29, 0.717) is 13.0 Å². The fourth-order valence-corrected chi connectivity index (χ4v) is 4.55. The van der Waals surface area contributed by atoms with Gasteiger partial charge in [-0.3, -0.25) is 20.0 Å². The number of ether oxygens (including phenoxy) is 1. The lowest BCUT2D eigenvalue weighted by Crippen LogP contribution is -2.30. The second-order valence-electron chi connectivity index (χ2n) is 8.19. The summed E-state index contributed by atoms with van der Waals surface area (Å²) >= 11 is 0. The number of hydrogen-bond acceptors (Lipinski definition) is 5. The smallest absolute Gasteiger partial charge is 0.412 e. The lowest BCUT2D eigenvalue weighted by Gasteiger charge is -2.14. The van der Waals surface area contributed by atoms with Gasteiger partial charge in [-0.2, -0.15) is 5.10 Å². The largest absolute Gasteiger partial charge is 0.481 e. The highest BCUT2D eigenvalue weighted by Crippen LogP contribution is 2.44. The van der Waals surface area contributed by atoms with Crippen molar-refractivity contribution in [1.29, 1.82) is 0 Å². The van der Waals surface area contributed by atoms with Crippen LogP contribution in [-0.2, 0) is 9.53 Å². The van der Waals surface area contributed by atoms with Crippen LogP contribution in [0.25, 0.3) is 11.1 Å². The van der Waals surface area contributed by atoms with Crippen molar-refractivity contribution < 1.29 is 24.2 Å². The second kappa shape index (κ2) is 8.42. The van der Waals surface area contributed by atoms with Crippen LogP contribution in [0.4, 0.5) is 10.6 Å². The third kappa shape index (κ3) is 3.93. The van der Waals surface area contributed by atoms with Crippen LogP contribution in [0, 0.1) is 5.92 Å². The molecule has 9 nitrogen and oxygen atoms in total. The van der Waals surface area contributed by atoms with E-state index >= 15 is 0 Å². The van der Waals surface area contributed by atoms with Crippen molar-refractivity contribution in [2.75, 3.05) is 25.0 Å². The number of nitrogens with one attached hydrogen (secondary N) is 2. The summed E-state index contributed by atoms with van der Waals surface area (Å²) in [7, 11) is 0. The van der Waals surface area contributed by atoms with Crippen molar-refractivity contribution in [2.45, 2.75) is 12.3 Å². The van der Waals surface area contributed by atoms with Crippen LogP contribution in [0.2, 0.25) is 0 Å². The van der Waals surface area contributed by atoms with Crippen molar-refractivity contribution in [3.05, 3.63) is 71.4 Å². The van der Waals surface area contributed by atoms with Gasteiger partial charge in [0, 0.05) is 25.1 Å². The summed E-state index contributed by atoms with van der Waals surface area (Å²) in [6, 6.07) is 17.6. The number of aromatic nitrogens is 2. The zero-order valence-corrected chi connectivity index (χ0v) is 17.7. The van der Waals surface area contributed by atoms with Crippen LogP contribution in [-0.4, -0.2) is 57.9 Å². The molecule has 1 atom stereocenters. The fraction of sp³-hybridized carbons (Fsp3) is 0.250. The Balaban J connectivity index is 1.20. The number of carbonyl (C=O) groups excluding carboxylic acids is 2. The SMILES string of the molecule is O=C(Nc1cc(C(=O)N2CCC(C(=O)O)C2)[nH]n1)OCC1c2ccccc2-c2ccccc21. The van der Waals surface area contributed by atoms with Gasteiger partial charge >= 0.3 is 12.1 Å². The van der Waals surface area contributed by atoms with Gasteiger partial charge in [0.15, 0.2) is 5.82 Å². The molecule has 5 rings (SSSR count). The molecule has 0 bridgehead atoms. The number of carbonyl (C=O) groups is 3. The van der Waals surface area contributed by atoms with E-state index in [1.165, 1.54) is 11.0 Å². The Morgan fingerprint density at radius 2 is 1.76 bits per heavy atom. The Labute approximate surface area is 189 Å². The van der Waals surface area contributed by atoms with Crippen LogP contribution in [0.3, 0.4) is 0 Å². The maximum Gasteiger partial charge on any atom is 0.412 e. The molecule has 1 unspecified atom stereocenters. The molecule has 3 N–H and O–H groups in total. The van der Waals surface area contributed by atoms with E-state index in [1.807, 2.05) is 36.4 Å². The number of carboxylic acid groups (broad SMARTS) is 1. The number of aliphatic carboxylic acids is 1. The number of rotatable bonds is 5. The maximum absolute atomic E-state index is 12.6. The molecule has 1 aliphatic heterocycles. The van der Waals surface area contributed by atoms with Crippen molar-refractivity contribution >= 4 is 23.8 Å². The molecule has 1 aliphatic carbocycles. The summed E-state index contributed by atoms with van der Waals surface area (Å²) in [5, 5.41) is 18.2. The first-order valence-corrected chi connectivity index (χ1v) is 10.7. The number of H-pyrrole nitrogens is 1. The van der Waals surface area contributed by atoms with Gasteiger partial charge in [0.1, 0.15) is 12.3 Å². The molecular weight excluding hydrogens is 424 g/mol. The predicted octanol–water partition coefficient (Wildman–Crippen LogP) is 3.32. The molecule has 1 saturated heterocycles. The molecular formula is C24H22N4O5. The molecule has 2 aromatic carbocycles. The molecule has 1 fully saturated rings. The van der Waals surface area contributed by atoms with E-state index < -0.39 is 18.0 Å². The topological polar surface area (TPSA) is 125 Å². The summed E-state index contributed by atoms with van der Waals surface area (Å²) in [4.78, 5) is 37.5. The van der Waals surface area contributed by atoms with Gasteiger partial charge in [0.25, 0.3) is 5.91 Å². The van der Waals surface area contributed by atoms with Gasteiger partial charge in [-0.05, 0) is 28.7 Å². The Bertz CT molecular complexity index is 1190. The fourth-order valence-electron chi connectivity index (χ4n) is 4.55. The number of hydrogen-bond donors (Lipinski definition) is 3. The minimum Gasteiger partial charge on any atom is -0.481 e. The van der Waals surface area contributed by atoms with Gasteiger partial charge in [-0.1, -0.05) is 48.5 Å². The standard InChI is InChI=1S/C24H22N4O5/c29-22(28-10-9-14(12-28)23(30)31)20-11-21(27-26-20)25-24(32)33-13-19-17-7-3-1-5-15(17)16-6-2-4-8-18(16)19/h1-8,11,14,19H,9-10,12-13H2,(H,30,31)(H2,25,26,27,32). The highest BCUT2D eigenvalue weighted by molar-refractivity contribution is 5.94. The summed E-state index contributed by atoms with van der Waals surface area (Å²) in [5.74, 6) is -1.73. The average molecular weight is 446 g/mol. The number of benzene rings is 2. The van der Waals surface area contributed by atoms with E-state index in [0.717, 1.165) is 22.3 Å². The average Bonchev–Trinajstić information content (AvgIpc) is 3.55. The van der Waals surface area contributed by atoms with E-state index in [4.69, 9.17) is 9.84 Å². The monoisotopic (exact) mass is 446 g/mol. The van der Waals surface area contributed by atoms with E-state index in [9.17, 15) is 14.4 Å². The van der Waals surface area contributed by atoms with Crippen LogP contribution in [0.5, 0.6) is 0 Å². The van der Waals surface area contributed by atoms with Crippen LogP contribution in [0.1, 0.15) is 34.0 Å². The van der Waals surface area contributed by atoms with Gasteiger partial charge in [-0.15, -0.1) is 0 Å². The second-order valence-corrected chi connectivity index (χ2v) is 8.19. The molecule has 168 valence electrons. The molecule has 0 radical (unpaired) electrons. The van der Waals surface area contributed by atoms with Gasteiger partial charge < -0.3 is 14.7 Å². The third-order valence-corrected chi connectivity index (χ3v) is 6.21. The molecule has 1 aromatic heterocycles. The normalized spacial score (nSPS) is 16.8. The number of fused-ring (bicyclic) bond motifs is 3. The summed E-state index contributed by atoms with van der Waals surface area (Å²) in [6.45, 7) is 0.687. The summed E-state index contributed by atoms with van der Waals surface area (Å²) in [5.41, 5.74) is 4.69. The molecule has 9 heteroatoms. The Morgan fingerprint density at radius 3 is 2.39 bits per heavy atom. The van der Waals surface area contributed by atoms with Crippen LogP contribution < -0.4 is 5.32 Å². The van der Waals surface area contributed by atoms with E-state index in [-0.39, 0.29) is 36.5 Å². The van der Waals surface area contributed by atoms with Crippen molar-refractivity contribution in [2.24, 2.45) is 5.92 Å². The van der Waals surface area contributed by atoms with Gasteiger partial charge in [0.05, 0.1) is 5.92 Å². The predicted molar refractivity (Wildman–Crippen MR) is 119 cm³/mol. The minimum absolute atomic E-state index is 0.0585. The maximum atomic E-state index is 12.6. The minimum atomic E-state index is -0.910. The van der Waals surface area contributed by atoms with Crippen molar-refractivity contribution in [1.82, 2.24) is 15.1 Å². The number of aromatic amines is 1. The Hall–Kier alpha value is -4.14. The first-order chi connectivity index (χ1) is 16.0. The number of likely N-dealkylation sites (tertiary alicyclic amines) is 1. The number of nitrogens with zero attached hydrogens (tertiary/aromatic N) is 2. The number of anilines is 1. The first kappa shape index (κ1) is 20.7. The zero-order valence-electron chi connectivity index (χ0n) is 17.7. The van der Waals surface area contributed by atoms with Crippen molar-refractivity contribution in [3.63, 3.8) is 0 Å². The molecule has 33 heavy (non-hydrogen) atoms. The van der Waals surface area contributed by atoms with E-state index in [2.05, 4.69) is 27.6 Å². The molecule has 0 saturated carbocycles. The lowest BCUT2D eigenvalue weighted by molar-refractivity contribution is -0.141. The molecule has 2 heterocycles. The highest BCUT2D eigenvalue weighted by atomic mass is 16.5. The molecule has 0 spiro atoms. The summed E-state index contributed by atoms with van der Waals surface area (Å²) in [6.07, 6.45) is -0.255. The Kier molecular flexibility index (Phi) is 5.29. The van der Waals surface area contributed by atoms with Crippen molar-refractivity contribution in [3.8, 4) is 11.1 Å². The van der Waals surface area contributed by atoms with E-state index in [1.54, 1.807) is 0 Å². The quantitative estimate of drug-likeness (QED) is 0.552. The van der Waals surface area contributed by atoms with Gasteiger partial charge in [-0.25, -0.2) is 4.79 Å². The number of amides is 2. The van der Waals surface area contributed by atoms with Crippen LogP contribution in [0.15, 0.2) is 54.6 Å².